The zero-order valence-electron chi connectivity index (χ0n) is 18.5. The predicted octanol–water partition coefficient (Wildman–Crippen LogP) is 5.97. The van der Waals surface area contributed by atoms with Gasteiger partial charge < -0.3 is 14.8 Å². The molecular weight excluding hydrogens is 412 g/mol. The van der Waals surface area contributed by atoms with E-state index in [0.29, 0.717) is 0 Å². The molecule has 1 aliphatic rings. The maximum Gasteiger partial charge on any atom is 0.174 e. The van der Waals surface area contributed by atoms with Crippen molar-refractivity contribution in [2.24, 2.45) is 0 Å². The number of anilines is 1. The maximum absolute atomic E-state index is 5.87. The number of pyridine rings is 1. The highest BCUT2D eigenvalue weighted by Gasteiger charge is 2.42. The smallest absolute Gasteiger partial charge is 0.174 e. The lowest BCUT2D eigenvalue weighted by molar-refractivity contribution is 0.565. The molecule has 5 heteroatoms. The number of thiocarbonyl (C=S) groups is 1. The Morgan fingerprint density at radius 1 is 0.844 bits per heavy atom. The second kappa shape index (κ2) is 8.24. The minimum Gasteiger partial charge on any atom is -0.351 e. The molecule has 5 rings (SSSR count). The fourth-order valence-corrected chi connectivity index (χ4v) is 5.06. The van der Waals surface area contributed by atoms with Crippen LogP contribution in [0.2, 0.25) is 0 Å². The summed E-state index contributed by atoms with van der Waals surface area (Å²) >= 11 is 5.87. The molecule has 4 aromatic rings. The highest BCUT2D eigenvalue weighted by Crippen LogP contribution is 2.43. The van der Waals surface area contributed by atoms with Crippen LogP contribution in [-0.4, -0.2) is 14.7 Å². The third-order valence-corrected chi connectivity index (χ3v) is 6.53. The number of para-hydroxylation sites is 1. The normalized spacial score (nSPS) is 18.1. The molecule has 3 heterocycles. The van der Waals surface area contributed by atoms with Gasteiger partial charge in [-0.1, -0.05) is 42.0 Å². The molecule has 0 radical (unpaired) electrons. The van der Waals surface area contributed by atoms with Crippen LogP contribution < -0.4 is 10.2 Å². The van der Waals surface area contributed by atoms with Crippen LogP contribution in [-0.2, 0) is 0 Å². The second-order valence-corrected chi connectivity index (χ2v) is 8.72. The molecule has 1 saturated heterocycles. The highest BCUT2D eigenvalue weighted by molar-refractivity contribution is 7.80. The van der Waals surface area contributed by atoms with E-state index < -0.39 is 0 Å². The second-order valence-electron chi connectivity index (χ2n) is 8.33. The quantitative estimate of drug-likeness (QED) is 0.398. The van der Waals surface area contributed by atoms with E-state index in [1.54, 1.807) is 0 Å². The third kappa shape index (κ3) is 3.49. The van der Waals surface area contributed by atoms with Crippen molar-refractivity contribution in [3.05, 3.63) is 113 Å². The first-order chi connectivity index (χ1) is 15.5. The Bertz CT molecular complexity index is 1250. The molecule has 0 unspecified atom stereocenters. The van der Waals surface area contributed by atoms with Gasteiger partial charge in [-0.05, 0) is 81.0 Å². The number of hydrogen-bond acceptors (Lipinski definition) is 2. The van der Waals surface area contributed by atoms with Gasteiger partial charge in [0, 0.05) is 29.0 Å². The minimum atomic E-state index is -0.0465. The summed E-state index contributed by atoms with van der Waals surface area (Å²) in [6.45, 7) is 6.46. The van der Waals surface area contributed by atoms with E-state index in [4.69, 9.17) is 12.2 Å². The van der Waals surface area contributed by atoms with Crippen LogP contribution in [0.3, 0.4) is 0 Å². The maximum atomic E-state index is 5.87. The van der Waals surface area contributed by atoms with Crippen LogP contribution in [0.1, 0.15) is 40.3 Å². The standard InChI is InChI=1S/C27H26N4S/c1-18-12-14-22(15-13-18)31-26(25(29-27(31)32)24-11-7-8-16-28-24)23-17-19(2)30(20(23)3)21-9-5-4-6-10-21/h4-17,25-26H,1-3H3,(H,29,32)/t25-,26-/m0/s1. The first-order valence-corrected chi connectivity index (χ1v) is 11.3. The van der Waals surface area contributed by atoms with Crippen LogP contribution in [0.4, 0.5) is 5.69 Å². The fourth-order valence-electron chi connectivity index (χ4n) is 4.72. The van der Waals surface area contributed by atoms with Gasteiger partial charge in [0.05, 0.1) is 17.8 Å². The average molecular weight is 439 g/mol. The average Bonchev–Trinajstić information content (AvgIpc) is 3.31. The molecule has 32 heavy (non-hydrogen) atoms. The van der Waals surface area contributed by atoms with Crippen molar-refractivity contribution in [1.82, 2.24) is 14.9 Å². The molecule has 0 bridgehead atoms. The Balaban J connectivity index is 1.68. The van der Waals surface area contributed by atoms with E-state index in [1.165, 1.54) is 28.2 Å². The van der Waals surface area contributed by atoms with E-state index in [-0.39, 0.29) is 12.1 Å². The number of hydrogen-bond donors (Lipinski definition) is 1. The van der Waals surface area contributed by atoms with E-state index in [2.05, 4.69) is 101 Å². The number of nitrogens with one attached hydrogen (secondary N) is 1. The van der Waals surface area contributed by atoms with Crippen molar-refractivity contribution in [3.8, 4) is 5.69 Å². The van der Waals surface area contributed by atoms with Gasteiger partial charge in [0.1, 0.15) is 0 Å². The van der Waals surface area contributed by atoms with Gasteiger partial charge in [-0.15, -0.1) is 0 Å². The Labute approximate surface area is 194 Å². The van der Waals surface area contributed by atoms with Gasteiger partial charge in [0.15, 0.2) is 5.11 Å². The van der Waals surface area contributed by atoms with Crippen molar-refractivity contribution >= 4 is 23.0 Å². The fraction of sp³-hybridized carbons (Fsp3) is 0.185. The molecule has 0 amide bonds. The molecule has 2 aromatic heterocycles. The summed E-state index contributed by atoms with van der Waals surface area (Å²) in [6, 6.07) is 27.4. The molecule has 160 valence electrons. The molecule has 0 aliphatic carbocycles. The molecule has 2 aromatic carbocycles. The molecule has 1 N–H and O–H groups in total. The van der Waals surface area contributed by atoms with Gasteiger partial charge >= 0.3 is 0 Å². The summed E-state index contributed by atoms with van der Waals surface area (Å²) in [4.78, 5) is 6.92. The van der Waals surface area contributed by atoms with Gasteiger partial charge in [-0.3, -0.25) is 4.98 Å². The minimum absolute atomic E-state index is 0.0104. The Morgan fingerprint density at radius 2 is 1.56 bits per heavy atom. The van der Waals surface area contributed by atoms with Gasteiger partial charge in [0.2, 0.25) is 0 Å². The van der Waals surface area contributed by atoms with E-state index in [9.17, 15) is 0 Å². The van der Waals surface area contributed by atoms with Crippen molar-refractivity contribution < 1.29 is 0 Å². The van der Waals surface area contributed by atoms with E-state index >= 15 is 0 Å². The SMILES string of the molecule is Cc1ccc(N2C(=S)N[C@@H](c3ccccn3)[C@@H]2c2cc(C)n(-c3ccccc3)c2C)cc1. The van der Waals surface area contributed by atoms with Crippen LogP contribution in [0.5, 0.6) is 0 Å². The Morgan fingerprint density at radius 3 is 2.25 bits per heavy atom. The number of rotatable bonds is 4. The van der Waals surface area contributed by atoms with Crippen LogP contribution in [0, 0.1) is 20.8 Å². The topological polar surface area (TPSA) is 33.1 Å². The number of nitrogens with zero attached hydrogens (tertiary/aromatic N) is 3. The molecular formula is C27H26N4S. The molecule has 1 aliphatic heterocycles. The largest absolute Gasteiger partial charge is 0.351 e. The molecule has 4 nitrogen and oxygen atoms in total. The lowest BCUT2D eigenvalue weighted by atomic mass is 9.96. The lowest BCUT2D eigenvalue weighted by Gasteiger charge is -2.28. The van der Waals surface area contributed by atoms with Crippen LogP contribution >= 0.6 is 12.2 Å². The van der Waals surface area contributed by atoms with Crippen molar-refractivity contribution in [2.45, 2.75) is 32.9 Å². The summed E-state index contributed by atoms with van der Waals surface area (Å²) in [6.07, 6.45) is 1.85. The van der Waals surface area contributed by atoms with Gasteiger partial charge in [-0.2, -0.15) is 0 Å². The summed E-state index contributed by atoms with van der Waals surface area (Å²) in [5, 5.41) is 4.28. The molecule has 0 saturated carbocycles. The van der Waals surface area contributed by atoms with Crippen LogP contribution in [0.25, 0.3) is 5.69 Å². The number of benzene rings is 2. The number of aryl methyl sites for hydroxylation is 2. The molecule has 0 spiro atoms. The first kappa shape index (κ1) is 20.5. The summed E-state index contributed by atoms with van der Waals surface area (Å²) in [5.41, 5.74) is 8.12. The van der Waals surface area contributed by atoms with Crippen molar-refractivity contribution in [1.29, 1.82) is 0 Å². The van der Waals surface area contributed by atoms with E-state index in [0.717, 1.165) is 16.5 Å². The lowest BCUT2D eigenvalue weighted by Crippen LogP contribution is -2.29. The highest BCUT2D eigenvalue weighted by atomic mass is 32.1. The Kier molecular flexibility index (Phi) is 5.27. The third-order valence-electron chi connectivity index (χ3n) is 6.21. The zero-order valence-corrected chi connectivity index (χ0v) is 19.3. The zero-order chi connectivity index (χ0) is 22.2. The van der Waals surface area contributed by atoms with Crippen molar-refractivity contribution in [3.63, 3.8) is 0 Å². The van der Waals surface area contributed by atoms with Gasteiger partial charge in [-0.25, -0.2) is 0 Å². The molecule has 2 atom stereocenters. The summed E-state index contributed by atoms with van der Waals surface area (Å²) in [5.74, 6) is 0. The van der Waals surface area contributed by atoms with Crippen molar-refractivity contribution in [2.75, 3.05) is 4.90 Å². The van der Waals surface area contributed by atoms with Crippen LogP contribution in [0.15, 0.2) is 85.1 Å². The molecule has 1 fully saturated rings. The summed E-state index contributed by atoms with van der Waals surface area (Å²) < 4.78 is 2.32. The number of aromatic nitrogens is 2. The predicted molar refractivity (Wildman–Crippen MR) is 134 cm³/mol. The van der Waals surface area contributed by atoms with Gasteiger partial charge in [0.25, 0.3) is 0 Å². The summed E-state index contributed by atoms with van der Waals surface area (Å²) in [7, 11) is 0. The van der Waals surface area contributed by atoms with E-state index in [1.807, 2.05) is 24.4 Å². The first-order valence-electron chi connectivity index (χ1n) is 10.9. The Hall–Kier alpha value is -3.44. The monoisotopic (exact) mass is 438 g/mol.